The lowest BCUT2D eigenvalue weighted by Crippen LogP contribution is -2.12. The van der Waals surface area contributed by atoms with Crippen molar-refractivity contribution in [2.75, 3.05) is 18.7 Å². The van der Waals surface area contributed by atoms with Gasteiger partial charge < -0.3 is 19.4 Å². The molecule has 2 aliphatic rings. The van der Waals surface area contributed by atoms with Gasteiger partial charge in [0, 0.05) is 24.8 Å². The van der Waals surface area contributed by atoms with E-state index in [1.54, 1.807) is 12.1 Å². The number of fused-ring (bicyclic) bond motifs is 1. The Labute approximate surface area is 180 Å². The van der Waals surface area contributed by atoms with Gasteiger partial charge >= 0.3 is 0 Å². The van der Waals surface area contributed by atoms with E-state index >= 15 is 0 Å². The minimum absolute atomic E-state index is 0.0743. The van der Waals surface area contributed by atoms with E-state index in [0.29, 0.717) is 17.9 Å². The lowest BCUT2D eigenvalue weighted by atomic mass is 9.97. The minimum atomic E-state index is -0.0743. The summed E-state index contributed by atoms with van der Waals surface area (Å²) in [6.45, 7) is 2.26. The van der Waals surface area contributed by atoms with Gasteiger partial charge in [0.1, 0.15) is 11.9 Å². The molecule has 3 heterocycles. The summed E-state index contributed by atoms with van der Waals surface area (Å²) in [5.74, 6) is 1.56. The molecule has 5 rings (SSSR count). The van der Waals surface area contributed by atoms with Crippen molar-refractivity contribution >= 4 is 17.2 Å². The lowest BCUT2D eigenvalue weighted by molar-refractivity contribution is 0.0515. The number of imidazole rings is 1. The third kappa shape index (κ3) is 3.58. The SMILES string of the molecule is Cc1cccc(-c2[nH]c(N(C)c3ccc(C#N)cc3)nc2C2=CC=C3OCOC3C2)n1. The first kappa shape index (κ1) is 19.1. The lowest BCUT2D eigenvalue weighted by Gasteiger charge is -2.16. The fourth-order valence-corrected chi connectivity index (χ4v) is 3.80. The summed E-state index contributed by atoms with van der Waals surface area (Å²) in [6, 6.07) is 15.5. The topological polar surface area (TPSA) is 87.1 Å². The Balaban J connectivity index is 1.57. The van der Waals surface area contributed by atoms with Crippen LogP contribution in [0.3, 0.4) is 0 Å². The van der Waals surface area contributed by atoms with Crippen LogP contribution in [-0.4, -0.2) is 34.9 Å². The molecule has 3 aromatic rings. The standard InChI is InChI=1S/C24H21N5O2/c1-15-4-3-5-19(26-15)23-22(17-8-11-20-21(12-17)31-14-30-20)27-24(28-23)29(2)18-9-6-16(13-25)7-10-18/h3-11,21H,12,14H2,1-2H3,(H,27,28). The first-order valence-electron chi connectivity index (χ1n) is 10.1. The first-order chi connectivity index (χ1) is 15.1. The van der Waals surface area contributed by atoms with Gasteiger partial charge in [0.05, 0.1) is 28.7 Å². The molecule has 1 fully saturated rings. The molecule has 0 amide bonds. The molecule has 0 saturated carbocycles. The monoisotopic (exact) mass is 411 g/mol. The van der Waals surface area contributed by atoms with Crippen LogP contribution >= 0.6 is 0 Å². The average molecular weight is 411 g/mol. The quantitative estimate of drug-likeness (QED) is 0.682. The molecular weight excluding hydrogens is 390 g/mol. The zero-order valence-electron chi connectivity index (χ0n) is 17.3. The second-order valence-corrected chi connectivity index (χ2v) is 7.55. The number of allylic oxidation sites excluding steroid dienone is 2. The molecule has 1 aliphatic heterocycles. The van der Waals surface area contributed by atoms with Gasteiger partial charge in [-0.25, -0.2) is 4.98 Å². The summed E-state index contributed by atoms with van der Waals surface area (Å²) in [5, 5.41) is 9.06. The van der Waals surface area contributed by atoms with Crippen molar-refractivity contribution in [2.24, 2.45) is 0 Å². The summed E-state index contributed by atoms with van der Waals surface area (Å²) >= 11 is 0. The van der Waals surface area contributed by atoms with Gasteiger partial charge in [-0.1, -0.05) is 12.1 Å². The number of ether oxygens (including phenoxy) is 2. The fraction of sp³-hybridized carbons (Fsp3) is 0.208. The van der Waals surface area contributed by atoms with Crippen LogP contribution < -0.4 is 4.90 Å². The Kier molecular flexibility index (Phi) is 4.77. The Hall–Kier alpha value is -3.89. The van der Waals surface area contributed by atoms with Crippen LogP contribution in [0, 0.1) is 18.3 Å². The molecule has 0 radical (unpaired) electrons. The highest BCUT2D eigenvalue weighted by atomic mass is 16.7. The molecular formula is C24H21N5O2. The van der Waals surface area contributed by atoms with Gasteiger partial charge in [-0.2, -0.15) is 5.26 Å². The highest BCUT2D eigenvalue weighted by molar-refractivity contribution is 5.79. The van der Waals surface area contributed by atoms with Crippen LogP contribution in [0.4, 0.5) is 11.6 Å². The van der Waals surface area contributed by atoms with Crippen molar-refractivity contribution in [3.05, 3.63) is 77.3 Å². The van der Waals surface area contributed by atoms with Crippen molar-refractivity contribution < 1.29 is 9.47 Å². The number of nitrogens with one attached hydrogen (secondary N) is 1. The molecule has 1 atom stereocenters. The number of nitrogens with zero attached hydrogens (tertiary/aromatic N) is 4. The van der Waals surface area contributed by atoms with E-state index in [-0.39, 0.29) is 12.9 Å². The highest BCUT2D eigenvalue weighted by Gasteiger charge is 2.30. The van der Waals surface area contributed by atoms with E-state index < -0.39 is 0 Å². The molecule has 2 aromatic heterocycles. The predicted molar refractivity (Wildman–Crippen MR) is 117 cm³/mol. The first-order valence-corrected chi connectivity index (χ1v) is 10.1. The van der Waals surface area contributed by atoms with E-state index in [1.165, 1.54) is 0 Å². The molecule has 1 aromatic carbocycles. The van der Waals surface area contributed by atoms with Crippen molar-refractivity contribution in [1.82, 2.24) is 15.0 Å². The summed E-state index contributed by atoms with van der Waals surface area (Å²) in [7, 11) is 1.94. The van der Waals surface area contributed by atoms with Gasteiger partial charge in [0.25, 0.3) is 0 Å². The van der Waals surface area contributed by atoms with E-state index in [9.17, 15) is 0 Å². The van der Waals surface area contributed by atoms with Crippen LogP contribution in [0.5, 0.6) is 0 Å². The van der Waals surface area contributed by atoms with E-state index in [4.69, 9.17) is 24.7 Å². The third-order valence-corrected chi connectivity index (χ3v) is 5.51. The number of H-pyrrole nitrogens is 1. The number of aryl methyl sites for hydroxylation is 1. The molecule has 1 unspecified atom stereocenters. The summed E-state index contributed by atoms with van der Waals surface area (Å²) in [6.07, 6.45) is 4.62. The molecule has 7 heteroatoms. The number of benzene rings is 1. The molecule has 31 heavy (non-hydrogen) atoms. The average Bonchev–Trinajstić information content (AvgIpc) is 3.45. The third-order valence-electron chi connectivity index (χ3n) is 5.51. The highest BCUT2D eigenvalue weighted by Crippen LogP contribution is 2.37. The van der Waals surface area contributed by atoms with E-state index in [0.717, 1.165) is 39.8 Å². The number of aromatic nitrogens is 3. The molecule has 1 N–H and O–H groups in total. The van der Waals surface area contributed by atoms with Crippen molar-refractivity contribution in [1.29, 1.82) is 5.26 Å². The fourth-order valence-electron chi connectivity index (χ4n) is 3.80. The number of hydrogen-bond acceptors (Lipinski definition) is 6. The normalized spacial score (nSPS) is 17.3. The maximum Gasteiger partial charge on any atom is 0.208 e. The Morgan fingerprint density at radius 1 is 1.13 bits per heavy atom. The maximum absolute atomic E-state index is 9.06. The van der Waals surface area contributed by atoms with Gasteiger partial charge in [-0.05, 0) is 55.0 Å². The van der Waals surface area contributed by atoms with Gasteiger partial charge in [-0.15, -0.1) is 0 Å². The van der Waals surface area contributed by atoms with Crippen molar-refractivity contribution in [3.63, 3.8) is 0 Å². The Morgan fingerprint density at radius 2 is 1.97 bits per heavy atom. The van der Waals surface area contributed by atoms with Crippen LogP contribution in [-0.2, 0) is 9.47 Å². The summed E-state index contributed by atoms with van der Waals surface area (Å²) in [4.78, 5) is 15.1. The summed E-state index contributed by atoms with van der Waals surface area (Å²) < 4.78 is 11.2. The number of hydrogen-bond donors (Lipinski definition) is 1. The molecule has 0 bridgehead atoms. The zero-order valence-corrected chi connectivity index (χ0v) is 17.3. The molecule has 1 aliphatic carbocycles. The van der Waals surface area contributed by atoms with Crippen molar-refractivity contribution in [2.45, 2.75) is 19.4 Å². The minimum Gasteiger partial charge on any atom is -0.469 e. The smallest absolute Gasteiger partial charge is 0.208 e. The van der Waals surface area contributed by atoms with E-state index in [2.05, 4.69) is 11.1 Å². The number of anilines is 2. The molecule has 154 valence electrons. The maximum atomic E-state index is 9.06. The summed E-state index contributed by atoms with van der Waals surface area (Å²) in [5.41, 5.74) is 6.09. The molecule has 0 spiro atoms. The van der Waals surface area contributed by atoms with Crippen LogP contribution in [0.25, 0.3) is 17.0 Å². The van der Waals surface area contributed by atoms with Crippen molar-refractivity contribution in [3.8, 4) is 17.5 Å². The van der Waals surface area contributed by atoms with E-state index in [1.807, 2.05) is 61.4 Å². The Morgan fingerprint density at radius 3 is 2.74 bits per heavy atom. The van der Waals surface area contributed by atoms with Gasteiger partial charge in [0.2, 0.25) is 5.95 Å². The van der Waals surface area contributed by atoms with Crippen LogP contribution in [0.15, 0.2) is 60.4 Å². The van der Waals surface area contributed by atoms with Gasteiger partial charge in [-0.3, -0.25) is 4.98 Å². The molecule has 7 nitrogen and oxygen atoms in total. The number of rotatable bonds is 4. The molecule has 1 saturated heterocycles. The Bertz CT molecular complexity index is 1230. The number of pyridine rings is 1. The largest absolute Gasteiger partial charge is 0.469 e. The zero-order chi connectivity index (χ0) is 21.4. The second-order valence-electron chi connectivity index (χ2n) is 7.55. The number of nitriles is 1. The second kappa shape index (κ2) is 7.74. The number of aromatic amines is 1. The van der Waals surface area contributed by atoms with Crippen LogP contribution in [0.1, 0.15) is 23.4 Å². The predicted octanol–water partition coefficient (Wildman–Crippen LogP) is 4.46. The van der Waals surface area contributed by atoms with Gasteiger partial charge in [0.15, 0.2) is 6.79 Å². The van der Waals surface area contributed by atoms with Crippen LogP contribution in [0.2, 0.25) is 0 Å².